The van der Waals surface area contributed by atoms with Crippen molar-refractivity contribution in [3.8, 4) is 0 Å². The summed E-state index contributed by atoms with van der Waals surface area (Å²) in [5.41, 5.74) is 0. The van der Waals surface area contributed by atoms with Gasteiger partial charge in [-0.2, -0.15) is 5.10 Å². The van der Waals surface area contributed by atoms with E-state index >= 15 is 0 Å². The van der Waals surface area contributed by atoms with Crippen LogP contribution in [0, 0.1) is 4.77 Å². The van der Waals surface area contributed by atoms with E-state index in [1.807, 2.05) is 0 Å². The molecule has 1 heterocycles. The van der Waals surface area contributed by atoms with Crippen molar-refractivity contribution in [3.05, 3.63) is 23.3 Å². The molecule has 0 atom stereocenters. The topological polar surface area (TPSA) is 70.9 Å². The van der Waals surface area contributed by atoms with Crippen LogP contribution in [0.25, 0.3) is 0 Å². The van der Waals surface area contributed by atoms with Gasteiger partial charge in [-0.15, -0.1) is 6.58 Å². The first-order valence-electron chi connectivity index (χ1n) is 3.62. The van der Waals surface area contributed by atoms with Crippen LogP contribution >= 0.6 is 12.2 Å². The molecule has 0 radical (unpaired) electrons. The van der Waals surface area contributed by atoms with Gasteiger partial charge in [0, 0.05) is 6.54 Å². The minimum atomic E-state index is -0.931. The highest BCUT2D eigenvalue weighted by atomic mass is 32.1. The molecule has 5 nitrogen and oxygen atoms in total. The van der Waals surface area contributed by atoms with Gasteiger partial charge in [-0.05, 0) is 12.2 Å². The van der Waals surface area contributed by atoms with Gasteiger partial charge in [0.25, 0.3) is 0 Å². The summed E-state index contributed by atoms with van der Waals surface area (Å²) in [6, 6.07) is 0. The lowest BCUT2D eigenvalue weighted by Crippen LogP contribution is -2.08. The summed E-state index contributed by atoms with van der Waals surface area (Å²) in [6.45, 7) is 4.01. The zero-order valence-corrected chi connectivity index (χ0v) is 7.67. The van der Waals surface area contributed by atoms with Crippen LogP contribution in [0.2, 0.25) is 0 Å². The maximum absolute atomic E-state index is 10.4. The Morgan fingerprint density at radius 2 is 2.54 bits per heavy atom. The average molecular weight is 199 g/mol. The third kappa shape index (κ3) is 2.25. The lowest BCUT2D eigenvalue weighted by Gasteiger charge is -1.99. The van der Waals surface area contributed by atoms with Crippen molar-refractivity contribution < 1.29 is 9.90 Å². The van der Waals surface area contributed by atoms with Crippen LogP contribution in [0.15, 0.2) is 12.7 Å². The van der Waals surface area contributed by atoms with Gasteiger partial charge in [0.2, 0.25) is 0 Å². The Morgan fingerprint density at radius 3 is 3.08 bits per heavy atom. The monoisotopic (exact) mass is 199 g/mol. The summed E-state index contributed by atoms with van der Waals surface area (Å²) < 4.78 is 2.01. The van der Waals surface area contributed by atoms with E-state index in [1.54, 1.807) is 10.6 Å². The normalized spacial score (nSPS) is 9.85. The van der Waals surface area contributed by atoms with Crippen molar-refractivity contribution in [1.29, 1.82) is 0 Å². The van der Waals surface area contributed by atoms with Gasteiger partial charge >= 0.3 is 5.97 Å². The Hall–Kier alpha value is -1.43. The number of nitrogens with zero attached hydrogens (tertiary/aromatic N) is 2. The minimum absolute atomic E-state index is 0.138. The first kappa shape index (κ1) is 9.66. The molecule has 0 unspecified atom stereocenters. The molecule has 1 rings (SSSR count). The fourth-order valence-corrected chi connectivity index (χ4v) is 1.16. The summed E-state index contributed by atoms with van der Waals surface area (Å²) in [4.78, 5) is 10.4. The number of carboxylic acid groups (broad SMARTS) is 1. The molecule has 1 aromatic rings. The van der Waals surface area contributed by atoms with Gasteiger partial charge in [-0.25, -0.2) is 0 Å². The van der Waals surface area contributed by atoms with E-state index in [0.717, 1.165) is 0 Å². The number of carboxylic acids is 1. The fourth-order valence-electron chi connectivity index (χ4n) is 0.938. The molecule has 13 heavy (non-hydrogen) atoms. The number of aromatic nitrogens is 3. The molecule has 2 N–H and O–H groups in total. The van der Waals surface area contributed by atoms with Crippen molar-refractivity contribution >= 4 is 18.2 Å². The SMILES string of the molecule is C=CCn1c(CC(=O)O)n[nH]c1=S. The summed E-state index contributed by atoms with van der Waals surface area (Å²) >= 11 is 4.90. The van der Waals surface area contributed by atoms with E-state index in [1.165, 1.54) is 0 Å². The number of aliphatic carboxylic acids is 1. The first-order chi connectivity index (χ1) is 6.15. The molecule has 0 aromatic carbocycles. The highest BCUT2D eigenvalue weighted by Crippen LogP contribution is 1.99. The van der Waals surface area contributed by atoms with Gasteiger partial charge in [-0.3, -0.25) is 14.5 Å². The summed E-state index contributed by atoms with van der Waals surface area (Å²) in [7, 11) is 0. The second kappa shape index (κ2) is 3.99. The van der Waals surface area contributed by atoms with E-state index in [2.05, 4.69) is 16.8 Å². The van der Waals surface area contributed by atoms with E-state index in [9.17, 15) is 4.79 Å². The Kier molecular flexibility index (Phi) is 2.97. The van der Waals surface area contributed by atoms with E-state index in [4.69, 9.17) is 17.3 Å². The second-order valence-corrected chi connectivity index (χ2v) is 2.80. The number of hydrogen-bond acceptors (Lipinski definition) is 3. The number of hydrogen-bond donors (Lipinski definition) is 2. The van der Waals surface area contributed by atoms with Crippen molar-refractivity contribution in [1.82, 2.24) is 14.8 Å². The number of carbonyl (C=O) groups is 1. The van der Waals surface area contributed by atoms with Crippen LogP contribution in [-0.4, -0.2) is 25.8 Å². The lowest BCUT2D eigenvalue weighted by molar-refractivity contribution is -0.136. The average Bonchev–Trinajstić information content (AvgIpc) is 2.35. The predicted molar refractivity (Wildman–Crippen MR) is 48.9 cm³/mol. The standard InChI is InChI=1S/C7H9N3O2S/c1-2-3-10-5(4-6(11)12)8-9-7(10)13/h2H,1,3-4H2,(H,9,13)(H,11,12). The molecule has 0 saturated heterocycles. The molecular formula is C7H9N3O2S. The molecule has 0 aliphatic heterocycles. The number of aromatic amines is 1. The zero-order chi connectivity index (χ0) is 9.84. The Bertz CT molecular complexity index is 379. The number of rotatable bonds is 4. The van der Waals surface area contributed by atoms with Crippen molar-refractivity contribution in [2.75, 3.05) is 0 Å². The molecule has 0 aliphatic carbocycles. The number of allylic oxidation sites excluding steroid dienone is 1. The van der Waals surface area contributed by atoms with E-state index < -0.39 is 5.97 Å². The predicted octanol–water partition coefficient (Wildman–Crippen LogP) is 0.754. The molecule has 0 bridgehead atoms. The van der Waals surface area contributed by atoms with Crippen molar-refractivity contribution in [2.45, 2.75) is 13.0 Å². The zero-order valence-electron chi connectivity index (χ0n) is 6.86. The Morgan fingerprint density at radius 1 is 1.85 bits per heavy atom. The van der Waals surface area contributed by atoms with E-state index in [-0.39, 0.29) is 6.42 Å². The van der Waals surface area contributed by atoms with Gasteiger partial charge in [-0.1, -0.05) is 6.08 Å². The van der Waals surface area contributed by atoms with Crippen molar-refractivity contribution in [3.63, 3.8) is 0 Å². The van der Waals surface area contributed by atoms with Gasteiger partial charge in [0.1, 0.15) is 12.2 Å². The smallest absolute Gasteiger partial charge is 0.311 e. The number of H-pyrrole nitrogens is 1. The van der Waals surface area contributed by atoms with Crippen LogP contribution in [0.5, 0.6) is 0 Å². The Balaban J connectivity index is 2.99. The van der Waals surface area contributed by atoms with Crippen LogP contribution in [0.1, 0.15) is 5.82 Å². The molecule has 0 aliphatic rings. The third-order valence-corrected chi connectivity index (χ3v) is 1.77. The van der Waals surface area contributed by atoms with Crippen LogP contribution in [0.4, 0.5) is 0 Å². The van der Waals surface area contributed by atoms with Crippen LogP contribution in [0.3, 0.4) is 0 Å². The molecule has 0 spiro atoms. The Labute approximate surface area is 79.7 Å². The van der Waals surface area contributed by atoms with Crippen LogP contribution < -0.4 is 0 Å². The summed E-state index contributed by atoms with van der Waals surface area (Å²) in [5.74, 6) is -0.517. The summed E-state index contributed by atoms with van der Waals surface area (Å²) in [5, 5.41) is 14.9. The van der Waals surface area contributed by atoms with Gasteiger partial charge in [0.15, 0.2) is 4.77 Å². The minimum Gasteiger partial charge on any atom is -0.481 e. The molecule has 0 saturated carbocycles. The highest BCUT2D eigenvalue weighted by molar-refractivity contribution is 7.71. The molecule has 0 amide bonds. The van der Waals surface area contributed by atoms with Crippen LogP contribution in [-0.2, 0) is 17.8 Å². The molecule has 70 valence electrons. The van der Waals surface area contributed by atoms with Gasteiger partial charge in [0.05, 0.1) is 0 Å². The lowest BCUT2D eigenvalue weighted by atomic mass is 10.4. The first-order valence-corrected chi connectivity index (χ1v) is 4.02. The molecular weight excluding hydrogens is 190 g/mol. The van der Waals surface area contributed by atoms with Crippen molar-refractivity contribution in [2.24, 2.45) is 0 Å². The fraction of sp³-hybridized carbons (Fsp3) is 0.286. The molecule has 1 aromatic heterocycles. The number of nitrogens with one attached hydrogen (secondary N) is 1. The third-order valence-electron chi connectivity index (χ3n) is 1.46. The largest absolute Gasteiger partial charge is 0.481 e. The quantitative estimate of drug-likeness (QED) is 0.554. The van der Waals surface area contributed by atoms with Gasteiger partial charge < -0.3 is 5.11 Å². The van der Waals surface area contributed by atoms with E-state index in [0.29, 0.717) is 17.1 Å². The maximum atomic E-state index is 10.4. The highest BCUT2D eigenvalue weighted by Gasteiger charge is 2.08. The second-order valence-electron chi connectivity index (χ2n) is 2.41. The molecule has 6 heteroatoms. The maximum Gasteiger partial charge on any atom is 0.311 e. The molecule has 0 fully saturated rings. The summed E-state index contributed by atoms with van der Waals surface area (Å²) in [6.07, 6.45) is 1.50.